The van der Waals surface area contributed by atoms with Crippen molar-refractivity contribution >= 4 is 11.8 Å². The highest BCUT2D eigenvalue weighted by atomic mass is 19.1. The molecule has 2 aromatic rings. The number of carbonyl (C=O) groups excluding carboxylic acids is 2. The number of aryl methyl sites for hydroxylation is 1. The summed E-state index contributed by atoms with van der Waals surface area (Å²) in [6.45, 7) is 0. The fraction of sp³-hybridized carbons (Fsp3) is 0.263. The van der Waals surface area contributed by atoms with Gasteiger partial charge in [-0.2, -0.15) is 0 Å². The van der Waals surface area contributed by atoms with Crippen molar-refractivity contribution in [2.75, 3.05) is 0 Å². The molecule has 1 atom stereocenters. The van der Waals surface area contributed by atoms with E-state index >= 15 is 0 Å². The molecule has 25 heavy (non-hydrogen) atoms. The standard InChI is InChI=1S/C19H20F2N2O2/c20-15-9-5-10-16(21)14(15)12-18(24)23-17(19(22)25)11-4-8-13-6-2-1-3-7-13/h1-3,5-7,9-10,17H,4,8,11-12H2,(H2,22,25)(H,23,24)/t17-/m0/s1. The summed E-state index contributed by atoms with van der Waals surface area (Å²) in [6, 6.07) is 12.2. The van der Waals surface area contributed by atoms with Gasteiger partial charge >= 0.3 is 0 Å². The molecule has 2 aromatic carbocycles. The van der Waals surface area contributed by atoms with Crippen LogP contribution in [0.2, 0.25) is 0 Å². The highest BCUT2D eigenvalue weighted by Gasteiger charge is 2.20. The van der Waals surface area contributed by atoms with Crippen LogP contribution in [-0.4, -0.2) is 17.9 Å². The number of nitrogens with one attached hydrogen (secondary N) is 1. The zero-order chi connectivity index (χ0) is 18.2. The Morgan fingerprint density at radius 2 is 1.64 bits per heavy atom. The lowest BCUT2D eigenvalue weighted by Crippen LogP contribution is -2.45. The summed E-state index contributed by atoms with van der Waals surface area (Å²) >= 11 is 0. The van der Waals surface area contributed by atoms with E-state index in [0.29, 0.717) is 12.8 Å². The van der Waals surface area contributed by atoms with Crippen molar-refractivity contribution in [2.24, 2.45) is 5.73 Å². The van der Waals surface area contributed by atoms with E-state index in [9.17, 15) is 18.4 Å². The number of carbonyl (C=O) groups is 2. The Labute approximate surface area is 145 Å². The quantitative estimate of drug-likeness (QED) is 0.771. The molecule has 6 heteroatoms. The number of halogens is 2. The number of benzene rings is 2. The predicted octanol–water partition coefficient (Wildman–Crippen LogP) is 2.50. The van der Waals surface area contributed by atoms with Gasteiger partial charge in [-0.3, -0.25) is 9.59 Å². The number of primary amides is 1. The summed E-state index contributed by atoms with van der Waals surface area (Å²) in [6.07, 6.45) is 1.26. The minimum atomic E-state index is -0.869. The lowest BCUT2D eigenvalue weighted by Gasteiger charge is -2.16. The first kappa shape index (κ1) is 18.6. The second-order valence-electron chi connectivity index (χ2n) is 5.78. The van der Waals surface area contributed by atoms with Crippen molar-refractivity contribution in [3.05, 3.63) is 71.3 Å². The molecule has 2 rings (SSSR count). The minimum Gasteiger partial charge on any atom is -0.368 e. The van der Waals surface area contributed by atoms with Crippen LogP contribution < -0.4 is 11.1 Å². The van der Waals surface area contributed by atoms with E-state index < -0.39 is 35.9 Å². The lowest BCUT2D eigenvalue weighted by atomic mass is 10.0. The molecule has 0 radical (unpaired) electrons. The molecule has 4 nitrogen and oxygen atoms in total. The molecule has 0 aliphatic rings. The third-order valence-electron chi connectivity index (χ3n) is 3.88. The van der Waals surface area contributed by atoms with Crippen LogP contribution in [0.5, 0.6) is 0 Å². The monoisotopic (exact) mass is 346 g/mol. The largest absolute Gasteiger partial charge is 0.368 e. The molecule has 0 unspecified atom stereocenters. The van der Waals surface area contributed by atoms with Crippen molar-refractivity contribution in [1.82, 2.24) is 5.32 Å². The van der Waals surface area contributed by atoms with Gasteiger partial charge in [0.25, 0.3) is 0 Å². The average Bonchev–Trinajstić information content (AvgIpc) is 2.58. The van der Waals surface area contributed by atoms with E-state index in [2.05, 4.69) is 5.32 Å². The van der Waals surface area contributed by atoms with Gasteiger partial charge in [0.05, 0.1) is 6.42 Å². The van der Waals surface area contributed by atoms with E-state index in [1.807, 2.05) is 30.3 Å². The zero-order valence-electron chi connectivity index (χ0n) is 13.7. The van der Waals surface area contributed by atoms with Crippen molar-refractivity contribution in [3.63, 3.8) is 0 Å². The molecular formula is C19H20F2N2O2. The number of hydrogen-bond acceptors (Lipinski definition) is 2. The van der Waals surface area contributed by atoms with Crippen LogP contribution in [-0.2, 0) is 22.4 Å². The Morgan fingerprint density at radius 1 is 1.00 bits per heavy atom. The summed E-state index contributed by atoms with van der Waals surface area (Å²) < 4.78 is 27.2. The summed E-state index contributed by atoms with van der Waals surface area (Å²) in [5.41, 5.74) is 6.11. The highest BCUT2D eigenvalue weighted by Crippen LogP contribution is 2.13. The first-order valence-electron chi connectivity index (χ1n) is 8.03. The summed E-state index contributed by atoms with van der Waals surface area (Å²) in [5.74, 6) is -2.91. The van der Waals surface area contributed by atoms with Gasteiger partial charge in [-0.05, 0) is 37.0 Å². The molecule has 0 aromatic heterocycles. The molecule has 0 heterocycles. The Balaban J connectivity index is 1.90. The molecule has 132 valence electrons. The maximum absolute atomic E-state index is 13.6. The maximum atomic E-state index is 13.6. The van der Waals surface area contributed by atoms with Crippen molar-refractivity contribution in [1.29, 1.82) is 0 Å². The van der Waals surface area contributed by atoms with E-state index in [1.54, 1.807) is 0 Å². The Hall–Kier alpha value is -2.76. The first-order valence-corrected chi connectivity index (χ1v) is 8.03. The molecular weight excluding hydrogens is 326 g/mol. The average molecular weight is 346 g/mol. The Bertz CT molecular complexity index is 715. The van der Waals surface area contributed by atoms with Crippen LogP contribution in [0.15, 0.2) is 48.5 Å². The number of rotatable bonds is 8. The van der Waals surface area contributed by atoms with Gasteiger partial charge in [0.1, 0.15) is 17.7 Å². The fourth-order valence-electron chi connectivity index (χ4n) is 2.55. The van der Waals surface area contributed by atoms with E-state index in [-0.39, 0.29) is 5.56 Å². The topological polar surface area (TPSA) is 72.2 Å². The summed E-state index contributed by atoms with van der Waals surface area (Å²) in [5, 5.41) is 2.46. The lowest BCUT2D eigenvalue weighted by molar-refractivity contribution is -0.127. The molecule has 0 saturated carbocycles. The fourth-order valence-corrected chi connectivity index (χ4v) is 2.55. The maximum Gasteiger partial charge on any atom is 0.239 e. The van der Waals surface area contributed by atoms with Gasteiger partial charge in [-0.25, -0.2) is 8.78 Å². The molecule has 0 saturated heterocycles. The van der Waals surface area contributed by atoms with Crippen molar-refractivity contribution in [3.8, 4) is 0 Å². The van der Waals surface area contributed by atoms with Gasteiger partial charge in [0.15, 0.2) is 0 Å². The number of hydrogen-bond donors (Lipinski definition) is 2. The van der Waals surface area contributed by atoms with E-state index in [1.165, 1.54) is 6.07 Å². The zero-order valence-corrected chi connectivity index (χ0v) is 13.7. The normalized spacial score (nSPS) is 11.8. The van der Waals surface area contributed by atoms with Gasteiger partial charge in [-0.15, -0.1) is 0 Å². The summed E-state index contributed by atoms with van der Waals surface area (Å²) in [4.78, 5) is 23.5. The Kier molecular flexibility index (Phi) is 6.62. The van der Waals surface area contributed by atoms with Crippen LogP contribution in [0.3, 0.4) is 0 Å². The minimum absolute atomic E-state index is 0.326. The predicted molar refractivity (Wildman–Crippen MR) is 90.6 cm³/mol. The number of nitrogens with two attached hydrogens (primary N) is 1. The van der Waals surface area contributed by atoms with Crippen molar-refractivity contribution < 1.29 is 18.4 Å². The molecule has 0 bridgehead atoms. The third-order valence-corrected chi connectivity index (χ3v) is 3.88. The van der Waals surface area contributed by atoms with E-state index in [0.717, 1.165) is 24.1 Å². The van der Waals surface area contributed by atoms with Gasteiger partial charge in [0.2, 0.25) is 11.8 Å². The molecule has 3 N–H and O–H groups in total. The second kappa shape index (κ2) is 8.92. The first-order chi connectivity index (χ1) is 12.0. The van der Waals surface area contributed by atoms with Crippen LogP contribution >= 0.6 is 0 Å². The molecule has 2 amide bonds. The Morgan fingerprint density at radius 3 is 2.24 bits per heavy atom. The molecule has 0 aliphatic heterocycles. The van der Waals surface area contributed by atoms with Gasteiger partial charge in [0, 0.05) is 5.56 Å². The van der Waals surface area contributed by atoms with Crippen LogP contribution in [0, 0.1) is 11.6 Å². The second-order valence-corrected chi connectivity index (χ2v) is 5.78. The van der Waals surface area contributed by atoms with Gasteiger partial charge in [-0.1, -0.05) is 36.4 Å². The van der Waals surface area contributed by atoms with E-state index in [4.69, 9.17) is 5.73 Å². The highest BCUT2D eigenvalue weighted by molar-refractivity contribution is 5.87. The van der Waals surface area contributed by atoms with Crippen LogP contribution in [0.4, 0.5) is 8.78 Å². The number of amides is 2. The molecule has 0 fully saturated rings. The van der Waals surface area contributed by atoms with Gasteiger partial charge < -0.3 is 11.1 Å². The SMILES string of the molecule is NC(=O)[C@H](CCCc1ccccc1)NC(=O)Cc1c(F)cccc1F. The molecule has 0 aliphatic carbocycles. The smallest absolute Gasteiger partial charge is 0.239 e. The van der Waals surface area contributed by atoms with Crippen molar-refractivity contribution in [2.45, 2.75) is 31.7 Å². The molecule has 0 spiro atoms. The van der Waals surface area contributed by atoms with Crippen LogP contribution in [0.25, 0.3) is 0 Å². The summed E-state index contributed by atoms with van der Waals surface area (Å²) in [7, 11) is 0. The third kappa shape index (κ3) is 5.67. The van der Waals surface area contributed by atoms with Crippen LogP contribution in [0.1, 0.15) is 24.0 Å².